The monoisotopic (exact) mass is 337 g/mol. The number of aromatic amines is 1. The second-order valence-electron chi connectivity index (χ2n) is 5.15. The first-order chi connectivity index (χ1) is 12.3. The quantitative estimate of drug-likeness (QED) is 0.576. The van der Waals surface area contributed by atoms with Crippen molar-refractivity contribution >= 4 is 22.7 Å². The lowest BCUT2D eigenvalue weighted by Crippen LogP contribution is -2.02. The Morgan fingerprint density at radius 2 is 1.96 bits per heavy atom. The van der Waals surface area contributed by atoms with Gasteiger partial charge in [0, 0.05) is 12.1 Å². The van der Waals surface area contributed by atoms with Crippen LogP contribution in [-0.4, -0.2) is 44.2 Å². The van der Waals surface area contributed by atoms with Gasteiger partial charge in [0.25, 0.3) is 0 Å². The molecule has 4 aromatic rings. The topological polar surface area (TPSA) is 103 Å². The summed E-state index contributed by atoms with van der Waals surface area (Å²) in [4.78, 5) is 8.61. The van der Waals surface area contributed by atoms with Crippen LogP contribution in [0, 0.1) is 0 Å². The Hall–Kier alpha value is -3.62. The third-order valence-electron chi connectivity index (χ3n) is 3.72. The molecule has 0 aliphatic rings. The fraction of sp³-hybridized carbons (Fsp3) is 0.125. The molecule has 1 aromatic carbocycles. The van der Waals surface area contributed by atoms with Crippen molar-refractivity contribution in [1.29, 1.82) is 0 Å². The van der Waals surface area contributed by atoms with Crippen molar-refractivity contribution in [3.63, 3.8) is 0 Å². The summed E-state index contributed by atoms with van der Waals surface area (Å²) in [5.74, 6) is 2.60. The standard InChI is InChI=1S/C16H15N7O2/c1-24-12-4-3-10(7-13(12)25-2)23-15-11(8-20-23)17-9-18-16(15)21-14-5-6-19-22-14/h3-9H,1-2H3,(H2,17,18,19,21,22). The van der Waals surface area contributed by atoms with Gasteiger partial charge in [-0.05, 0) is 12.1 Å². The summed E-state index contributed by atoms with van der Waals surface area (Å²) in [5.41, 5.74) is 2.26. The van der Waals surface area contributed by atoms with E-state index in [-0.39, 0.29) is 0 Å². The third-order valence-corrected chi connectivity index (χ3v) is 3.72. The number of methoxy groups -OCH3 is 2. The van der Waals surface area contributed by atoms with Crippen LogP contribution in [0.25, 0.3) is 16.7 Å². The maximum absolute atomic E-state index is 5.38. The minimum absolute atomic E-state index is 0.613. The molecular formula is C16H15N7O2. The number of nitrogens with one attached hydrogen (secondary N) is 2. The summed E-state index contributed by atoms with van der Waals surface area (Å²) in [6.45, 7) is 0. The van der Waals surface area contributed by atoms with Gasteiger partial charge in [0.2, 0.25) is 0 Å². The van der Waals surface area contributed by atoms with E-state index in [1.165, 1.54) is 6.33 Å². The molecule has 3 heterocycles. The summed E-state index contributed by atoms with van der Waals surface area (Å²) in [6, 6.07) is 7.37. The molecule has 0 bridgehead atoms. The van der Waals surface area contributed by atoms with Gasteiger partial charge in [-0.3, -0.25) is 5.10 Å². The summed E-state index contributed by atoms with van der Waals surface area (Å²) in [5, 5.41) is 14.4. The number of hydrogen-bond acceptors (Lipinski definition) is 7. The molecule has 9 nitrogen and oxygen atoms in total. The van der Waals surface area contributed by atoms with Crippen LogP contribution in [-0.2, 0) is 0 Å². The Morgan fingerprint density at radius 3 is 2.72 bits per heavy atom. The van der Waals surface area contributed by atoms with E-state index in [0.717, 1.165) is 17.0 Å². The molecule has 4 rings (SSSR count). The predicted octanol–water partition coefficient (Wildman–Crippen LogP) is 2.30. The average molecular weight is 337 g/mol. The Morgan fingerprint density at radius 1 is 1.08 bits per heavy atom. The number of hydrogen-bond donors (Lipinski definition) is 2. The lowest BCUT2D eigenvalue weighted by molar-refractivity contribution is 0.355. The molecule has 126 valence electrons. The molecule has 0 unspecified atom stereocenters. The number of anilines is 2. The average Bonchev–Trinajstić information content (AvgIpc) is 3.31. The van der Waals surface area contributed by atoms with Crippen LogP contribution in [0.3, 0.4) is 0 Å². The van der Waals surface area contributed by atoms with E-state index in [2.05, 4.69) is 30.6 Å². The highest BCUT2D eigenvalue weighted by atomic mass is 16.5. The lowest BCUT2D eigenvalue weighted by atomic mass is 10.2. The highest BCUT2D eigenvalue weighted by Gasteiger charge is 2.14. The number of benzene rings is 1. The van der Waals surface area contributed by atoms with E-state index in [1.54, 1.807) is 31.3 Å². The first-order valence-electron chi connectivity index (χ1n) is 7.47. The van der Waals surface area contributed by atoms with Crippen LogP contribution >= 0.6 is 0 Å². The Kier molecular flexibility index (Phi) is 3.65. The van der Waals surface area contributed by atoms with Crippen LogP contribution in [0.2, 0.25) is 0 Å². The zero-order valence-electron chi connectivity index (χ0n) is 13.6. The SMILES string of the molecule is COc1ccc(-n2ncc3ncnc(Nc4ccn[nH]4)c32)cc1OC. The van der Waals surface area contributed by atoms with E-state index in [9.17, 15) is 0 Å². The summed E-state index contributed by atoms with van der Waals surface area (Å²) in [6.07, 6.45) is 4.83. The fourth-order valence-electron chi connectivity index (χ4n) is 2.56. The van der Waals surface area contributed by atoms with Crippen LogP contribution in [0.4, 0.5) is 11.6 Å². The van der Waals surface area contributed by atoms with Gasteiger partial charge < -0.3 is 14.8 Å². The minimum Gasteiger partial charge on any atom is -0.493 e. The molecule has 9 heteroatoms. The highest BCUT2D eigenvalue weighted by Crippen LogP contribution is 2.31. The summed E-state index contributed by atoms with van der Waals surface area (Å²) < 4.78 is 12.4. The Balaban J connectivity index is 1.85. The van der Waals surface area contributed by atoms with E-state index >= 15 is 0 Å². The van der Waals surface area contributed by atoms with Crippen LogP contribution in [0.5, 0.6) is 11.5 Å². The van der Waals surface area contributed by atoms with Crippen molar-refractivity contribution in [1.82, 2.24) is 29.9 Å². The summed E-state index contributed by atoms with van der Waals surface area (Å²) >= 11 is 0. The normalized spacial score (nSPS) is 10.8. The number of rotatable bonds is 5. The lowest BCUT2D eigenvalue weighted by Gasteiger charge is -2.11. The first-order valence-corrected chi connectivity index (χ1v) is 7.47. The second kappa shape index (κ2) is 6.11. The molecule has 0 radical (unpaired) electrons. The maximum Gasteiger partial charge on any atom is 0.162 e. The molecule has 0 saturated heterocycles. The number of fused-ring (bicyclic) bond motifs is 1. The maximum atomic E-state index is 5.38. The first kappa shape index (κ1) is 14.9. The van der Waals surface area contributed by atoms with E-state index in [4.69, 9.17) is 9.47 Å². The van der Waals surface area contributed by atoms with Crippen LogP contribution < -0.4 is 14.8 Å². The third kappa shape index (κ3) is 2.61. The van der Waals surface area contributed by atoms with Crippen LogP contribution in [0.15, 0.2) is 43.0 Å². The van der Waals surface area contributed by atoms with E-state index < -0.39 is 0 Å². The number of H-pyrrole nitrogens is 1. The van der Waals surface area contributed by atoms with Crippen molar-refractivity contribution in [2.45, 2.75) is 0 Å². The van der Waals surface area contributed by atoms with Gasteiger partial charge in [0.1, 0.15) is 23.2 Å². The molecule has 2 N–H and O–H groups in total. The Labute approximate surface area is 142 Å². The number of nitrogens with zero attached hydrogens (tertiary/aromatic N) is 5. The van der Waals surface area contributed by atoms with Gasteiger partial charge in [-0.2, -0.15) is 10.2 Å². The van der Waals surface area contributed by atoms with Crippen molar-refractivity contribution in [2.75, 3.05) is 19.5 Å². The number of aromatic nitrogens is 6. The van der Waals surface area contributed by atoms with Gasteiger partial charge in [-0.15, -0.1) is 0 Å². The molecule has 0 amide bonds. The second-order valence-corrected chi connectivity index (χ2v) is 5.15. The predicted molar refractivity (Wildman–Crippen MR) is 91.6 cm³/mol. The van der Waals surface area contributed by atoms with Crippen molar-refractivity contribution < 1.29 is 9.47 Å². The molecule has 25 heavy (non-hydrogen) atoms. The van der Waals surface area contributed by atoms with Crippen molar-refractivity contribution in [3.8, 4) is 17.2 Å². The van der Waals surface area contributed by atoms with Gasteiger partial charge in [0.15, 0.2) is 17.3 Å². The van der Waals surface area contributed by atoms with Crippen molar-refractivity contribution in [2.24, 2.45) is 0 Å². The van der Waals surface area contributed by atoms with Gasteiger partial charge in [-0.25, -0.2) is 14.6 Å². The highest BCUT2D eigenvalue weighted by molar-refractivity contribution is 5.88. The molecule has 0 atom stereocenters. The van der Waals surface area contributed by atoms with Gasteiger partial charge >= 0.3 is 0 Å². The smallest absolute Gasteiger partial charge is 0.162 e. The minimum atomic E-state index is 0.613. The Bertz CT molecular complexity index is 1010. The molecular weight excluding hydrogens is 322 g/mol. The zero-order valence-corrected chi connectivity index (χ0v) is 13.6. The summed E-state index contributed by atoms with van der Waals surface area (Å²) in [7, 11) is 3.19. The van der Waals surface area contributed by atoms with Gasteiger partial charge in [0.05, 0.1) is 32.3 Å². The van der Waals surface area contributed by atoms with E-state index in [0.29, 0.717) is 22.8 Å². The molecule has 0 aliphatic carbocycles. The molecule has 3 aromatic heterocycles. The van der Waals surface area contributed by atoms with Crippen molar-refractivity contribution in [3.05, 3.63) is 43.0 Å². The molecule has 0 spiro atoms. The largest absolute Gasteiger partial charge is 0.493 e. The molecule has 0 fully saturated rings. The fourth-order valence-corrected chi connectivity index (χ4v) is 2.56. The molecule has 0 saturated carbocycles. The zero-order chi connectivity index (χ0) is 17.2. The van der Waals surface area contributed by atoms with Gasteiger partial charge in [-0.1, -0.05) is 0 Å². The number of ether oxygens (including phenoxy) is 2. The van der Waals surface area contributed by atoms with E-state index in [1.807, 2.05) is 24.3 Å². The van der Waals surface area contributed by atoms with Crippen LogP contribution in [0.1, 0.15) is 0 Å². The molecule has 0 aliphatic heterocycles.